The minimum absolute atomic E-state index is 0.186. The lowest BCUT2D eigenvalue weighted by atomic mass is 10.1. The van der Waals surface area contributed by atoms with Crippen molar-refractivity contribution in [2.45, 2.75) is 31.9 Å². The molecule has 0 amide bonds. The predicted molar refractivity (Wildman–Crippen MR) is 134 cm³/mol. The van der Waals surface area contributed by atoms with Crippen molar-refractivity contribution in [3.8, 4) is 5.88 Å². The Kier molecular flexibility index (Phi) is 7.20. The zero-order chi connectivity index (χ0) is 24.3. The van der Waals surface area contributed by atoms with Gasteiger partial charge in [-0.15, -0.1) is 0 Å². The molecule has 9 nitrogen and oxygen atoms in total. The minimum Gasteiger partial charge on any atom is -0.474 e. The van der Waals surface area contributed by atoms with Crippen molar-refractivity contribution in [1.82, 2.24) is 19.3 Å². The zero-order valence-corrected chi connectivity index (χ0v) is 20.6. The summed E-state index contributed by atoms with van der Waals surface area (Å²) in [6.07, 6.45) is 7.12. The van der Waals surface area contributed by atoms with Crippen molar-refractivity contribution in [3.63, 3.8) is 0 Å². The van der Waals surface area contributed by atoms with Gasteiger partial charge >= 0.3 is 0 Å². The third kappa shape index (κ3) is 5.40. The van der Waals surface area contributed by atoms with Crippen molar-refractivity contribution < 1.29 is 13.2 Å². The highest BCUT2D eigenvalue weighted by molar-refractivity contribution is 7.88. The Labute approximate surface area is 203 Å². The van der Waals surface area contributed by atoms with Gasteiger partial charge in [-0.25, -0.2) is 17.7 Å². The van der Waals surface area contributed by atoms with Gasteiger partial charge in [-0.3, -0.25) is 4.99 Å². The second kappa shape index (κ2) is 10.1. The molecule has 4 rings (SSSR count). The number of nitrogens with two attached hydrogens (primary N) is 1. The number of nitrogens with zero attached hydrogens (tertiary/aromatic N) is 4. The van der Waals surface area contributed by atoms with Crippen molar-refractivity contribution in [1.29, 1.82) is 0 Å². The van der Waals surface area contributed by atoms with Gasteiger partial charge in [0.2, 0.25) is 15.9 Å². The average Bonchev–Trinajstić information content (AvgIpc) is 3.33. The lowest BCUT2D eigenvalue weighted by molar-refractivity contribution is 0.131. The summed E-state index contributed by atoms with van der Waals surface area (Å²) < 4.78 is 31.4. The van der Waals surface area contributed by atoms with Crippen LogP contribution in [0, 0.1) is 0 Å². The van der Waals surface area contributed by atoms with Crippen molar-refractivity contribution in [3.05, 3.63) is 65.3 Å². The molecule has 0 saturated carbocycles. The molecule has 1 aromatic carbocycles. The van der Waals surface area contributed by atoms with E-state index < -0.39 is 16.1 Å². The number of aromatic amines is 1. The normalized spacial score (nSPS) is 17.4. The summed E-state index contributed by atoms with van der Waals surface area (Å²) >= 11 is 6.49. The van der Waals surface area contributed by atoms with E-state index in [1.807, 2.05) is 37.4 Å². The molecule has 2 aromatic heterocycles. The van der Waals surface area contributed by atoms with Crippen LogP contribution in [0.2, 0.25) is 5.02 Å². The molecule has 11 heteroatoms. The van der Waals surface area contributed by atoms with E-state index in [1.165, 1.54) is 16.8 Å². The number of piperidine rings is 1. The third-order valence-corrected chi connectivity index (χ3v) is 7.26. The predicted octanol–water partition coefficient (Wildman–Crippen LogP) is 3.44. The Morgan fingerprint density at radius 2 is 2.06 bits per heavy atom. The van der Waals surface area contributed by atoms with Crippen LogP contribution in [0.5, 0.6) is 5.88 Å². The highest BCUT2D eigenvalue weighted by Gasteiger charge is 2.27. The van der Waals surface area contributed by atoms with E-state index in [1.54, 1.807) is 12.1 Å². The van der Waals surface area contributed by atoms with Crippen molar-refractivity contribution in [2.75, 3.05) is 19.3 Å². The monoisotopic (exact) mass is 502 g/mol. The summed E-state index contributed by atoms with van der Waals surface area (Å²) in [5.74, 6) is 0.856. The standard InChI is InChI=1S/C23H27ClN6O3S/c1-15(27-19(8-11-25)18-7-4-12-26-18)22-28-20-6-3-5-17(24)21(20)23(29-22)33-16-9-13-30(14-10-16)34(2,31)32/h3-8,11-12,15-16,26H,9-10,13-14,25H2,1-2H3. The molecule has 0 aliphatic carbocycles. The number of ether oxygens (including phenoxy) is 1. The zero-order valence-electron chi connectivity index (χ0n) is 19.0. The van der Waals surface area contributed by atoms with Gasteiger partial charge in [0.15, 0.2) is 5.82 Å². The molecule has 1 fully saturated rings. The number of aromatic nitrogens is 3. The molecular formula is C23H27ClN6O3S. The number of H-pyrrole nitrogens is 1. The first kappa shape index (κ1) is 24.2. The first-order chi connectivity index (χ1) is 16.3. The molecule has 1 saturated heterocycles. The van der Waals surface area contributed by atoms with Gasteiger partial charge in [0.1, 0.15) is 12.1 Å². The second-order valence-electron chi connectivity index (χ2n) is 8.13. The van der Waals surface area contributed by atoms with Crippen LogP contribution >= 0.6 is 11.6 Å². The SMILES string of the molecule is CC(N=C(C=CN)c1ccc[nH]1)c1nc(OC2CCN(S(C)(=O)=O)CC2)c2c(Cl)cccc2n1. The Bertz CT molecular complexity index is 1320. The molecular weight excluding hydrogens is 476 g/mol. The molecule has 0 bridgehead atoms. The van der Waals surface area contributed by atoms with Crippen LogP contribution in [0.4, 0.5) is 0 Å². The second-order valence-corrected chi connectivity index (χ2v) is 10.5. The number of allylic oxidation sites excluding steroid dienone is 1. The molecule has 0 spiro atoms. The summed E-state index contributed by atoms with van der Waals surface area (Å²) in [7, 11) is -3.22. The summed E-state index contributed by atoms with van der Waals surface area (Å²) in [5.41, 5.74) is 7.77. The molecule has 1 aliphatic heterocycles. The van der Waals surface area contributed by atoms with E-state index >= 15 is 0 Å². The molecule has 3 heterocycles. The fraction of sp³-hybridized carbons (Fsp3) is 0.348. The number of halogens is 1. The van der Waals surface area contributed by atoms with E-state index in [0.717, 1.165) is 5.69 Å². The quantitative estimate of drug-likeness (QED) is 0.476. The molecule has 3 aromatic rings. The highest BCUT2D eigenvalue weighted by atomic mass is 35.5. The number of hydrogen-bond acceptors (Lipinski definition) is 7. The van der Waals surface area contributed by atoms with E-state index in [2.05, 4.69) is 4.98 Å². The first-order valence-electron chi connectivity index (χ1n) is 10.9. The topological polar surface area (TPSA) is 127 Å². The minimum atomic E-state index is -3.22. The third-order valence-electron chi connectivity index (χ3n) is 5.64. The molecule has 1 aliphatic rings. The Morgan fingerprint density at radius 3 is 2.71 bits per heavy atom. The smallest absolute Gasteiger partial charge is 0.226 e. The van der Waals surface area contributed by atoms with Crippen LogP contribution in [-0.2, 0) is 10.0 Å². The van der Waals surface area contributed by atoms with Gasteiger partial charge in [-0.05, 0) is 56.3 Å². The number of hydrogen-bond donors (Lipinski definition) is 2. The Morgan fingerprint density at radius 1 is 1.29 bits per heavy atom. The molecule has 180 valence electrons. The summed E-state index contributed by atoms with van der Waals surface area (Å²) in [6, 6.07) is 8.84. The van der Waals surface area contributed by atoms with Gasteiger partial charge < -0.3 is 15.5 Å². The van der Waals surface area contributed by atoms with Crippen LogP contribution < -0.4 is 10.5 Å². The largest absolute Gasteiger partial charge is 0.474 e. The first-order valence-corrected chi connectivity index (χ1v) is 13.2. The van der Waals surface area contributed by atoms with Crippen LogP contribution in [0.1, 0.15) is 37.3 Å². The van der Waals surface area contributed by atoms with Gasteiger partial charge in [0, 0.05) is 19.3 Å². The van der Waals surface area contributed by atoms with Crippen LogP contribution in [-0.4, -0.2) is 58.8 Å². The molecule has 1 atom stereocenters. The fourth-order valence-corrected chi connectivity index (χ4v) is 5.01. The molecule has 1 unspecified atom stereocenters. The summed E-state index contributed by atoms with van der Waals surface area (Å²) in [5, 5.41) is 1.11. The lowest BCUT2D eigenvalue weighted by Crippen LogP contribution is -2.41. The number of sulfonamides is 1. The highest BCUT2D eigenvalue weighted by Crippen LogP contribution is 2.33. The van der Waals surface area contributed by atoms with Crippen molar-refractivity contribution >= 4 is 38.2 Å². The number of benzene rings is 1. The fourth-order valence-electron chi connectivity index (χ4n) is 3.89. The maximum atomic E-state index is 11.8. The lowest BCUT2D eigenvalue weighted by Gasteiger charge is -2.30. The van der Waals surface area contributed by atoms with Gasteiger partial charge in [-0.1, -0.05) is 17.7 Å². The number of rotatable bonds is 7. The van der Waals surface area contributed by atoms with E-state index in [-0.39, 0.29) is 6.10 Å². The van der Waals surface area contributed by atoms with Gasteiger partial charge in [-0.2, -0.15) is 4.98 Å². The van der Waals surface area contributed by atoms with Crippen LogP contribution in [0.15, 0.2) is 53.8 Å². The number of fused-ring (bicyclic) bond motifs is 1. The van der Waals surface area contributed by atoms with Crippen LogP contribution in [0.3, 0.4) is 0 Å². The van der Waals surface area contributed by atoms with Gasteiger partial charge in [0.05, 0.1) is 33.6 Å². The maximum absolute atomic E-state index is 11.8. The molecule has 0 radical (unpaired) electrons. The molecule has 3 N–H and O–H groups in total. The van der Waals surface area contributed by atoms with Crippen LogP contribution in [0.25, 0.3) is 10.9 Å². The van der Waals surface area contributed by atoms with E-state index in [9.17, 15) is 8.42 Å². The molecule has 34 heavy (non-hydrogen) atoms. The summed E-state index contributed by atoms with van der Waals surface area (Å²) in [4.78, 5) is 17.3. The number of aliphatic imine (C=N–C) groups is 1. The van der Waals surface area contributed by atoms with Gasteiger partial charge in [0.25, 0.3) is 0 Å². The number of nitrogens with one attached hydrogen (secondary N) is 1. The van der Waals surface area contributed by atoms with E-state index in [0.29, 0.717) is 59.3 Å². The van der Waals surface area contributed by atoms with Crippen molar-refractivity contribution in [2.24, 2.45) is 10.7 Å². The van der Waals surface area contributed by atoms with E-state index in [4.69, 9.17) is 37.0 Å². The maximum Gasteiger partial charge on any atom is 0.226 e. The Hall–Kier alpha value is -2.95. The Balaban J connectivity index is 1.67. The summed E-state index contributed by atoms with van der Waals surface area (Å²) in [6.45, 7) is 2.70. The average molecular weight is 503 g/mol.